The fourth-order valence-corrected chi connectivity index (χ4v) is 3.41. The predicted octanol–water partition coefficient (Wildman–Crippen LogP) is 2.37. The smallest absolute Gasteiger partial charge is 0.315 e. The Kier molecular flexibility index (Phi) is 5.99. The second kappa shape index (κ2) is 7.75. The van der Waals surface area contributed by atoms with Crippen molar-refractivity contribution in [3.63, 3.8) is 0 Å². The Labute approximate surface area is 131 Å². The van der Waals surface area contributed by atoms with E-state index in [1.807, 2.05) is 12.3 Å². The molecule has 0 aliphatic carbocycles. The lowest BCUT2D eigenvalue weighted by Gasteiger charge is -2.35. The van der Waals surface area contributed by atoms with Gasteiger partial charge >= 0.3 is 6.03 Å². The molecule has 2 heterocycles. The Hall–Kier alpha value is -1.14. The molecule has 0 aromatic carbocycles. The van der Waals surface area contributed by atoms with Crippen LogP contribution in [-0.2, 0) is 6.54 Å². The summed E-state index contributed by atoms with van der Waals surface area (Å²) >= 11 is 1.58. The van der Waals surface area contributed by atoms with Crippen LogP contribution in [-0.4, -0.2) is 41.6 Å². The average molecular weight is 310 g/mol. The number of nitrogens with zero attached hydrogens (tertiary/aromatic N) is 2. The SMILES string of the molecule is Cc1csc(CNC(=O)NC[C@@H](C)N2CCC[C@H](C)C2)n1. The highest BCUT2D eigenvalue weighted by atomic mass is 32.1. The molecule has 1 aliphatic rings. The molecule has 0 bridgehead atoms. The Morgan fingerprint density at radius 1 is 1.57 bits per heavy atom. The number of hydrogen-bond acceptors (Lipinski definition) is 4. The first-order valence-corrected chi connectivity index (χ1v) is 8.59. The standard InChI is InChI=1S/C15H26N4OS/c1-11-5-4-6-19(9-11)13(3)7-16-15(20)17-8-14-18-12(2)10-21-14/h10-11,13H,4-9H2,1-3H3,(H2,16,17,20)/t11-,13+/m0/s1. The van der Waals surface area contributed by atoms with Gasteiger partial charge in [-0.1, -0.05) is 6.92 Å². The molecule has 1 aromatic rings. The van der Waals surface area contributed by atoms with Crippen LogP contribution in [0.4, 0.5) is 4.79 Å². The van der Waals surface area contributed by atoms with Gasteiger partial charge in [-0.05, 0) is 39.2 Å². The summed E-state index contributed by atoms with van der Waals surface area (Å²) in [6, 6.07) is 0.278. The molecule has 6 heteroatoms. The fourth-order valence-electron chi connectivity index (χ4n) is 2.70. The van der Waals surface area contributed by atoms with Crippen molar-refractivity contribution in [1.82, 2.24) is 20.5 Å². The van der Waals surface area contributed by atoms with Crippen LogP contribution in [0.5, 0.6) is 0 Å². The van der Waals surface area contributed by atoms with Gasteiger partial charge in [-0.2, -0.15) is 0 Å². The van der Waals surface area contributed by atoms with Crippen LogP contribution < -0.4 is 10.6 Å². The summed E-state index contributed by atoms with van der Waals surface area (Å²) in [5, 5.41) is 8.75. The number of carbonyl (C=O) groups excluding carboxylic acids is 1. The van der Waals surface area contributed by atoms with Gasteiger partial charge in [0.05, 0.1) is 6.54 Å². The maximum absolute atomic E-state index is 11.8. The molecule has 2 rings (SSSR count). The quantitative estimate of drug-likeness (QED) is 0.878. The van der Waals surface area contributed by atoms with E-state index in [-0.39, 0.29) is 6.03 Å². The lowest BCUT2D eigenvalue weighted by Crippen LogP contribution is -2.48. The topological polar surface area (TPSA) is 57.3 Å². The summed E-state index contributed by atoms with van der Waals surface area (Å²) in [4.78, 5) is 18.6. The molecule has 2 amide bonds. The maximum Gasteiger partial charge on any atom is 0.315 e. The molecule has 1 fully saturated rings. The number of aryl methyl sites for hydroxylation is 1. The van der Waals surface area contributed by atoms with Crippen LogP contribution in [0, 0.1) is 12.8 Å². The van der Waals surface area contributed by atoms with Crippen molar-refractivity contribution in [2.45, 2.75) is 46.2 Å². The van der Waals surface area contributed by atoms with Crippen LogP contribution in [0.1, 0.15) is 37.4 Å². The molecule has 5 nitrogen and oxygen atoms in total. The molecule has 1 aliphatic heterocycles. The van der Waals surface area contributed by atoms with Crippen molar-refractivity contribution in [3.05, 3.63) is 16.1 Å². The first-order chi connectivity index (χ1) is 10.0. The van der Waals surface area contributed by atoms with E-state index < -0.39 is 0 Å². The Morgan fingerprint density at radius 3 is 3.05 bits per heavy atom. The van der Waals surface area contributed by atoms with Gasteiger partial charge in [-0.3, -0.25) is 4.90 Å². The first kappa shape index (κ1) is 16.2. The van der Waals surface area contributed by atoms with Crippen molar-refractivity contribution >= 4 is 17.4 Å². The van der Waals surface area contributed by atoms with Gasteiger partial charge in [0.2, 0.25) is 0 Å². The zero-order chi connectivity index (χ0) is 15.2. The predicted molar refractivity (Wildman–Crippen MR) is 86.5 cm³/mol. The highest BCUT2D eigenvalue weighted by Gasteiger charge is 2.21. The van der Waals surface area contributed by atoms with Crippen molar-refractivity contribution in [1.29, 1.82) is 0 Å². The van der Waals surface area contributed by atoms with E-state index in [1.54, 1.807) is 11.3 Å². The lowest BCUT2D eigenvalue weighted by molar-refractivity contribution is 0.137. The molecule has 2 N–H and O–H groups in total. The van der Waals surface area contributed by atoms with Crippen molar-refractivity contribution in [2.24, 2.45) is 5.92 Å². The summed E-state index contributed by atoms with van der Waals surface area (Å²) in [7, 11) is 0. The van der Waals surface area contributed by atoms with Crippen LogP contribution in [0.15, 0.2) is 5.38 Å². The third-order valence-electron chi connectivity index (χ3n) is 3.94. The zero-order valence-electron chi connectivity index (χ0n) is 13.2. The molecular weight excluding hydrogens is 284 g/mol. The summed E-state index contributed by atoms with van der Waals surface area (Å²) in [5.41, 5.74) is 1.00. The largest absolute Gasteiger partial charge is 0.337 e. The minimum atomic E-state index is -0.111. The van der Waals surface area contributed by atoms with E-state index >= 15 is 0 Å². The number of amides is 2. The van der Waals surface area contributed by atoms with Gasteiger partial charge in [0.15, 0.2) is 0 Å². The number of aromatic nitrogens is 1. The highest BCUT2D eigenvalue weighted by Crippen LogP contribution is 2.17. The Bertz CT molecular complexity index is 462. The minimum absolute atomic E-state index is 0.111. The van der Waals surface area contributed by atoms with Gasteiger partial charge in [0, 0.05) is 30.2 Å². The number of nitrogens with one attached hydrogen (secondary N) is 2. The number of hydrogen-bond donors (Lipinski definition) is 2. The Morgan fingerprint density at radius 2 is 2.38 bits per heavy atom. The molecule has 21 heavy (non-hydrogen) atoms. The normalized spacial score (nSPS) is 21.0. The molecule has 0 unspecified atom stereocenters. The third kappa shape index (κ3) is 5.28. The van der Waals surface area contributed by atoms with E-state index in [1.165, 1.54) is 12.8 Å². The third-order valence-corrected chi connectivity index (χ3v) is 4.90. The molecule has 2 atom stereocenters. The number of rotatable bonds is 5. The van der Waals surface area contributed by atoms with Crippen LogP contribution >= 0.6 is 11.3 Å². The van der Waals surface area contributed by atoms with E-state index in [0.717, 1.165) is 29.7 Å². The number of piperidine rings is 1. The highest BCUT2D eigenvalue weighted by molar-refractivity contribution is 7.09. The molecule has 0 spiro atoms. The summed E-state index contributed by atoms with van der Waals surface area (Å²) < 4.78 is 0. The van der Waals surface area contributed by atoms with E-state index in [4.69, 9.17) is 0 Å². The van der Waals surface area contributed by atoms with Gasteiger partial charge in [0.1, 0.15) is 5.01 Å². The maximum atomic E-state index is 11.8. The van der Waals surface area contributed by atoms with Gasteiger partial charge in [-0.15, -0.1) is 11.3 Å². The van der Waals surface area contributed by atoms with E-state index in [0.29, 0.717) is 19.1 Å². The second-order valence-corrected chi connectivity index (χ2v) is 6.98. The van der Waals surface area contributed by atoms with Crippen molar-refractivity contribution in [3.8, 4) is 0 Å². The minimum Gasteiger partial charge on any atom is -0.337 e. The summed E-state index contributed by atoms with van der Waals surface area (Å²) in [5.74, 6) is 0.767. The lowest BCUT2D eigenvalue weighted by atomic mass is 9.99. The monoisotopic (exact) mass is 310 g/mol. The molecule has 118 valence electrons. The van der Waals surface area contributed by atoms with E-state index in [9.17, 15) is 4.79 Å². The molecule has 0 radical (unpaired) electrons. The van der Waals surface area contributed by atoms with Gasteiger partial charge in [-0.25, -0.2) is 9.78 Å². The molecule has 1 saturated heterocycles. The summed E-state index contributed by atoms with van der Waals surface area (Å²) in [6.07, 6.45) is 2.59. The first-order valence-electron chi connectivity index (χ1n) is 7.71. The number of carbonyl (C=O) groups is 1. The van der Waals surface area contributed by atoms with Crippen LogP contribution in [0.2, 0.25) is 0 Å². The number of urea groups is 1. The average Bonchev–Trinajstić information content (AvgIpc) is 2.88. The zero-order valence-corrected chi connectivity index (χ0v) is 14.0. The number of thiazole rings is 1. The van der Waals surface area contributed by atoms with Crippen LogP contribution in [0.25, 0.3) is 0 Å². The van der Waals surface area contributed by atoms with Crippen LogP contribution in [0.3, 0.4) is 0 Å². The molecule has 1 aromatic heterocycles. The fraction of sp³-hybridized carbons (Fsp3) is 0.733. The van der Waals surface area contributed by atoms with Crippen molar-refractivity contribution in [2.75, 3.05) is 19.6 Å². The molecule has 0 saturated carbocycles. The van der Waals surface area contributed by atoms with Gasteiger partial charge < -0.3 is 10.6 Å². The number of likely N-dealkylation sites (tertiary alicyclic amines) is 1. The Balaban J connectivity index is 1.66. The summed E-state index contributed by atoms with van der Waals surface area (Å²) in [6.45, 7) is 9.92. The van der Waals surface area contributed by atoms with E-state index in [2.05, 4.69) is 34.4 Å². The van der Waals surface area contributed by atoms with Gasteiger partial charge in [0.25, 0.3) is 0 Å². The second-order valence-electron chi connectivity index (χ2n) is 6.04. The molecular formula is C15H26N4OS. The van der Waals surface area contributed by atoms with Crippen molar-refractivity contribution < 1.29 is 4.79 Å².